The third-order valence-corrected chi connectivity index (χ3v) is 4.52. The summed E-state index contributed by atoms with van der Waals surface area (Å²) in [6.45, 7) is 7.13. The minimum Gasteiger partial charge on any atom is -0.357 e. The molecular formula is C18H26N2. The first kappa shape index (κ1) is 13.7. The zero-order chi connectivity index (χ0) is 13.9. The Morgan fingerprint density at radius 3 is 2.90 bits per heavy atom. The van der Waals surface area contributed by atoms with Crippen LogP contribution in [0.25, 0.3) is 10.9 Å². The fraction of sp³-hybridized carbons (Fsp3) is 0.556. The van der Waals surface area contributed by atoms with Crippen LogP contribution in [0.1, 0.15) is 51.3 Å². The Hall–Kier alpha value is -1.28. The average Bonchev–Trinajstić information content (AvgIpc) is 2.89. The van der Waals surface area contributed by atoms with E-state index in [0.29, 0.717) is 6.04 Å². The Balaban J connectivity index is 1.81. The second kappa shape index (κ2) is 6.01. The van der Waals surface area contributed by atoms with Crippen molar-refractivity contribution in [2.24, 2.45) is 5.92 Å². The smallest absolute Gasteiger partial charge is 0.0498 e. The lowest BCUT2D eigenvalue weighted by atomic mass is 9.98. The number of piperidine rings is 1. The topological polar surface area (TPSA) is 19.0 Å². The number of benzene rings is 1. The molecule has 0 saturated carbocycles. The van der Waals surface area contributed by atoms with Crippen molar-refractivity contribution in [2.75, 3.05) is 13.1 Å². The number of H-pyrrole nitrogens is 1. The van der Waals surface area contributed by atoms with Crippen LogP contribution in [0, 0.1) is 5.92 Å². The minimum atomic E-state index is 0.592. The highest BCUT2D eigenvalue weighted by Gasteiger charge is 2.24. The van der Waals surface area contributed by atoms with Crippen molar-refractivity contribution in [3.05, 3.63) is 36.0 Å². The van der Waals surface area contributed by atoms with Crippen molar-refractivity contribution in [2.45, 2.75) is 45.6 Å². The maximum absolute atomic E-state index is 3.64. The van der Waals surface area contributed by atoms with Crippen LogP contribution in [0.4, 0.5) is 0 Å². The number of aromatic nitrogens is 1. The molecule has 1 aliphatic heterocycles. The number of hydrogen-bond acceptors (Lipinski definition) is 1. The fourth-order valence-electron chi connectivity index (χ4n) is 3.31. The molecule has 108 valence electrons. The van der Waals surface area contributed by atoms with Gasteiger partial charge in [0.15, 0.2) is 0 Å². The van der Waals surface area contributed by atoms with Gasteiger partial charge in [0.1, 0.15) is 0 Å². The van der Waals surface area contributed by atoms with Crippen molar-refractivity contribution in [1.29, 1.82) is 0 Å². The molecule has 2 aromatic rings. The van der Waals surface area contributed by atoms with Crippen LogP contribution in [0.3, 0.4) is 0 Å². The molecule has 1 fully saturated rings. The summed E-state index contributed by atoms with van der Waals surface area (Å²) in [5, 5.41) is 1.34. The molecule has 2 heteroatoms. The van der Waals surface area contributed by atoms with E-state index >= 15 is 0 Å². The molecule has 1 aromatic heterocycles. The van der Waals surface area contributed by atoms with Crippen molar-refractivity contribution in [1.82, 2.24) is 9.88 Å². The standard InChI is InChI=1S/C18H26N2/c1-14(2)10-12-20-11-6-5-9-18(20)17-13-15-7-3-4-8-16(15)19-17/h3-4,7-8,13-14,18-19H,5-6,9-12H2,1-2H3. The highest BCUT2D eigenvalue weighted by molar-refractivity contribution is 5.80. The Morgan fingerprint density at radius 1 is 1.25 bits per heavy atom. The summed E-state index contributed by atoms with van der Waals surface area (Å²) in [6, 6.07) is 11.6. The second-order valence-electron chi connectivity index (χ2n) is 6.54. The molecule has 0 aliphatic carbocycles. The first-order valence-corrected chi connectivity index (χ1v) is 8.06. The lowest BCUT2D eigenvalue weighted by molar-refractivity contribution is 0.139. The van der Waals surface area contributed by atoms with Crippen LogP contribution < -0.4 is 0 Å². The van der Waals surface area contributed by atoms with Gasteiger partial charge in [0.05, 0.1) is 0 Å². The number of nitrogens with zero attached hydrogens (tertiary/aromatic N) is 1. The van der Waals surface area contributed by atoms with E-state index in [2.05, 4.69) is 54.1 Å². The summed E-state index contributed by atoms with van der Waals surface area (Å²) in [7, 11) is 0. The molecule has 1 aromatic carbocycles. The zero-order valence-electron chi connectivity index (χ0n) is 12.7. The lowest BCUT2D eigenvalue weighted by Gasteiger charge is -2.35. The largest absolute Gasteiger partial charge is 0.357 e. The van der Waals surface area contributed by atoms with Gasteiger partial charge in [0.2, 0.25) is 0 Å². The van der Waals surface area contributed by atoms with Crippen molar-refractivity contribution < 1.29 is 0 Å². The SMILES string of the molecule is CC(C)CCN1CCCCC1c1cc2ccccc2[nH]1. The van der Waals surface area contributed by atoms with Crippen molar-refractivity contribution in [3.63, 3.8) is 0 Å². The highest BCUT2D eigenvalue weighted by Crippen LogP contribution is 2.32. The predicted molar refractivity (Wildman–Crippen MR) is 85.9 cm³/mol. The molecule has 0 bridgehead atoms. The Labute approximate surface area is 122 Å². The van der Waals surface area contributed by atoms with Gasteiger partial charge in [-0.2, -0.15) is 0 Å². The predicted octanol–water partition coefficient (Wildman–Crippen LogP) is 4.74. The van der Waals surface area contributed by atoms with Gasteiger partial charge in [-0.1, -0.05) is 38.5 Å². The van der Waals surface area contributed by atoms with Crippen LogP contribution in [0.2, 0.25) is 0 Å². The number of para-hydroxylation sites is 1. The van der Waals surface area contributed by atoms with Crippen LogP contribution in [0.15, 0.2) is 30.3 Å². The van der Waals surface area contributed by atoms with Gasteiger partial charge in [0.25, 0.3) is 0 Å². The van der Waals surface area contributed by atoms with Crippen LogP contribution >= 0.6 is 0 Å². The lowest BCUT2D eigenvalue weighted by Crippen LogP contribution is -2.34. The molecule has 1 N–H and O–H groups in total. The van der Waals surface area contributed by atoms with Crippen LogP contribution in [-0.2, 0) is 0 Å². The van der Waals surface area contributed by atoms with Crippen molar-refractivity contribution in [3.8, 4) is 0 Å². The van der Waals surface area contributed by atoms with E-state index in [-0.39, 0.29) is 0 Å². The molecule has 1 unspecified atom stereocenters. The number of fused-ring (bicyclic) bond motifs is 1. The third-order valence-electron chi connectivity index (χ3n) is 4.52. The van der Waals surface area contributed by atoms with Gasteiger partial charge in [-0.25, -0.2) is 0 Å². The average molecular weight is 270 g/mol. The van der Waals surface area contributed by atoms with E-state index in [1.165, 1.54) is 55.4 Å². The minimum absolute atomic E-state index is 0.592. The Kier molecular flexibility index (Phi) is 4.11. The summed E-state index contributed by atoms with van der Waals surface area (Å²) in [6.07, 6.45) is 5.31. The molecule has 1 aliphatic rings. The molecule has 1 saturated heterocycles. The third kappa shape index (κ3) is 2.90. The van der Waals surface area contributed by atoms with Crippen molar-refractivity contribution >= 4 is 10.9 Å². The molecule has 2 nitrogen and oxygen atoms in total. The summed E-state index contributed by atoms with van der Waals surface area (Å²) in [5.74, 6) is 0.792. The van der Waals surface area contributed by atoms with E-state index in [9.17, 15) is 0 Å². The van der Waals surface area contributed by atoms with Crippen LogP contribution in [-0.4, -0.2) is 23.0 Å². The fourth-order valence-corrected chi connectivity index (χ4v) is 3.31. The molecule has 0 amide bonds. The first-order chi connectivity index (χ1) is 9.74. The van der Waals surface area contributed by atoms with Gasteiger partial charge >= 0.3 is 0 Å². The maximum atomic E-state index is 3.64. The van der Waals surface area contributed by atoms with Crippen LogP contribution in [0.5, 0.6) is 0 Å². The number of rotatable bonds is 4. The molecule has 0 radical (unpaired) electrons. The van der Waals surface area contributed by atoms with E-state index in [4.69, 9.17) is 0 Å². The summed E-state index contributed by atoms with van der Waals surface area (Å²) in [5.41, 5.74) is 2.69. The molecule has 1 atom stereocenters. The molecule has 3 rings (SSSR count). The maximum Gasteiger partial charge on any atom is 0.0498 e. The number of nitrogens with one attached hydrogen (secondary N) is 1. The summed E-state index contributed by atoms with van der Waals surface area (Å²) < 4.78 is 0. The molecule has 20 heavy (non-hydrogen) atoms. The van der Waals surface area contributed by atoms with Gasteiger partial charge < -0.3 is 4.98 Å². The quantitative estimate of drug-likeness (QED) is 0.850. The van der Waals surface area contributed by atoms with E-state index in [1.54, 1.807) is 0 Å². The number of hydrogen-bond donors (Lipinski definition) is 1. The number of aromatic amines is 1. The zero-order valence-corrected chi connectivity index (χ0v) is 12.7. The van der Waals surface area contributed by atoms with E-state index < -0.39 is 0 Å². The Bertz CT molecular complexity index is 522. The molecule has 2 heterocycles. The van der Waals surface area contributed by atoms with E-state index in [1.807, 2.05) is 0 Å². The monoisotopic (exact) mass is 270 g/mol. The van der Waals surface area contributed by atoms with Gasteiger partial charge in [-0.15, -0.1) is 0 Å². The Morgan fingerprint density at radius 2 is 2.10 bits per heavy atom. The van der Waals surface area contributed by atoms with Gasteiger partial charge in [0, 0.05) is 17.3 Å². The first-order valence-electron chi connectivity index (χ1n) is 8.06. The summed E-state index contributed by atoms with van der Waals surface area (Å²) >= 11 is 0. The highest BCUT2D eigenvalue weighted by atomic mass is 15.2. The molecular weight excluding hydrogens is 244 g/mol. The van der Waals surface area contributed by atoms with Gasteiger partial charge in [-0.3, -0.25) is 4.90 Å². The van der Waals surface area contributed by atoms with E-state index in [0.717, 1.165) is 5.92 Å². The normalized spacial score (nSPS) is 20.9. The second-order valence-corrected chi connectivity index (χ2v) is 6.54. The summed E-state index contributed by atoms with van der Waals surface area (Å²) in [4.78, 5) is 6.33. The molecule has 0 spiro atoms. The number of likely N-dealkylation sites (tertiary alicyclic amines) is 1. The van der Waals surface area contributed by atoms with Gasteiger partial charge in [-0.05, 0) is 55.8 Å².